The Morgan fingerprint density at radius 3 is 2.56 bits per heavy atom. The van der Waals surface area contributed by atoms with E-state index < -0.39 is 36.5 Å². The van der Waals surface area contributed by atoms with Gasteiger partial charge in [0.25, 0.3) is 0 Å². The fourth-order valence-corrected chi connectivity index (χ4v) is 2.62. The maximum Gasteiger partial charge on any atom is 0.404 e. The number of hydrogen-bond acceptors (Lipinski definition) is 8. The lowest BCUT2D eigenvalue weighted by Crippen LogP contribution is -2.66. The van der Waals surface area contributed by atoms with E-state index in [0.717, 1.165) is 5.56 Å². The van der Waals surface area contributed by atoms with Crippen LogP contribution in [0, 0.1) is 0 Å². The molecule has 1 fully saturated rings. The Morgan fingerprint density at radius 1 is 1.28 bits per heavy atom. The van der Waals surface area contributed by atoms with Gasteiger partial charge in [0.1, 0.15) is 24.6 Å². The van der Waals surface area contributed by atoms with Crippen molar-refractivity contribution in [3.8, 4) is 5.75 Å². The number of aliphatic hydroxyl groups is 4. The number of primary amides is 1. The number of aryl methyl sites for hydroxylation is 1. The first kappa shape index (κ1) is 19.4. The molecule has 5 atom stereocenters. The summed E-state index contributed by atoms with van der Waals surface area (Å²) in [6.45, 7) is 3.29. The summed E-state index contributed by atoms with van der Waals surface area (Å²) in [5.74, 6) is -2.36. The fourth-order valence-electron chi connectivity index (χ4n) is 2.62. The Balaban J connectivity index is 2.20. The number of carbonyl (C=O) groups is 1. The number of benzene rings is 1. The molecule has 25 heavy (non-hydrogen) atoms. The number of carbonyl (C=O) groups excluding carboxylic acids is 1. The van der Waals surface area contributed by atoms with Gasteiger partial charge in [-0.3, -0.25) is 0 Å². The van der Waals surface area contributed by atoms with Crippen molar-refractivity contribution in [3.05, 3.63) is 29.3 Å². The summed E-state index contributed by atoms with van der Waals surface area (Å²) in [6.07, 6.45) is -6.15. The van der Waals surface area contributed by atoms with Gasteiger partial charge >= 0.3 is 12.1 Å². The molecule has 0 aromatic heterocycles. The van der Waals surface area contributed by atoms with Crippen molar-refractivity contribution in [1.29, 1.82) is 0 Å². The van der Waals surface area contributed by atoms with Crippen LogP contribution in [0.2, 0.25) is 0 Å². The number of nitrogens with two attached hydrogens (primary N) is 1. The van der Waals surface area contributed by atoms with E-state index in [-0.39, 0.29) is 12.4 Å². The van der Waals surface area contributed by atoms with E-state index >= 15 is 0 Å². The summed E-state index contributed by atoms with van der Waals surface area (Å²) in [6, 6.07) is 4.68. The molecule has 0 spiro atoms. The van der Waals surface area contributed by atoms with Crippen LogP contribution in [0.4, 0.5) is 4.79 Å². The van der Waals surface area contributed by atoms with Gasteiger partial charge in [-0.15, -0.1) is 0 Å². The number of ether oxygens (including phenoxy) is 3. The highest BCUT2D eigenvalue weighted by Crippen LogP contribution is 2.31. The summed E-state index contributed by atoms with van der Waals surface area (Å²) in [5, 5.41) is 39.9. The molecule has 1 amide bonds. The summed E-state index contributed by atoms with van der Waals surface area (Å²) in [7, 11) is 0. The quantitative estimate of drug-likeness (QED) is 0.437. The van der Waals surface area contributed by atoms with Crippen molar-refractivity contribution in [1.82, 2.24) is 0 Å². The van der Waals surface area contributed by atoms with Crippen molar-refractivity contribution < 1.29 is 39.4 Å². The Kier molecular flexibility index (Phi) is 5.86. The Labute approximate surface area is 144 Å². The molecular weight excluding hydrogens is 334 g/mol. The molecule has 1 aliphatic heterocycles. The standard InChI is InChI=1S/C16H23NO8/c1-3-9-6-11(5-4-10(9)7-23-15(17)21)25-16(22)14(20)13(19)12(18)8(2)24-16/h4-6,8,12-14,18-20,22H,3,7H2,1-2H3,(H2,17,21)/t8-,12-,13+,14+,16+/m0/s1. The zero-order chi connectivity index (χ0) is 18.8. The Morgan fingerprint density at radius 2 is 1.96 bits per heavy atom. The zero-order valence-corrected chi connectivity index (χ0v) is 14.0. The Bertz CT molecular complexity index is 624. The summed E-state index contributed by atoms with van der Waals surface area (Å²) < 4.78 is 15.3. The average molecular weight is 357 g/mol. The third-order valence-corrected chi connectivity index (χ3v) is 4.08. The summed E-state index contributed by atoms with van der Waals surface area (Å²) in [5.41, 5.74) is 6.42. The topological polar surface area (TPSA) is 152 Å². The number of amides is 1. The lowest BCUT2D eigenvalue weighted by Gasteiger charge is -2.43. The van der Waals surface area contributed by atoms with Crippen LogP contribution in [0.1, 0.15) is 25.0 Å². The summed E-state index contributed by atoms with van der Waals surface area (Å²) in [4.78, 5) is 10.7. The molecule has 0 radical (unpaired) electrons. The van der Waals surface area contributed by atoms with Crippen LogP contribution >= 0.6 is 0 Å². The second kappa shape index (κ2) is 7.54. The molecule has 9 heteroatoms. The third kappa shape index (κ3) is 4.20. The highest BCUT2D eigenvalue weighted by molar-refractivity contribution is 5.64. The predicted molar refractivity (Wildman–Crippen MR) is 84.3 cm³/mol. The first-order valence-electron chi connectivity index (χ1n) is 7.85. The van der Waals surface area contributed by atoms with Gasteiger partial charge in [-0.05, 0) is 36.6 Å². The average Bonchev–Trinajstić information content (AvgIpc) is 2.56. The molecule has 9 nitrogen and oxygen atoms in total. The lowest BCUT2D eigenvalue weighted by molar-refractivity contribution is -0.417. The van der Waals surface area contributed by atoms with Crippen molar-refractivity contribution in [3.63, 3.8) is 0 Å². The largest absolute Gasteiger partial charge is 0.445 e. The molecule has 0 aliphatic carbocycles. The van der Waals surface area contributed by atoms with Crippen LogP contribution in [0.3, 0.4) is 0 Å². The van der Waals surface area contributed by atoms with Crippen LogP contribution in [-0.2, 0) is 22.5 Å². The fraction of sp³-hybridized carbons (Fsp3) is 0.562. The number of rotatable bonds is 5. The second-order valence-corrected chi connectivity index (χ2v) is 5.87. The minimum atomic E-state index is -2.52. The monoisotopic (exact) mass is 357 g/mol. The first-order chi connectivity index (χ1) is 11.7. The van der Waals surface area contributed by atoms with Crippen molar-refractivity contribution in [2.75, 3.05) is 0 Å². The van der Waals surface area contributed by atoms with Crippen molar-refractivity contribution >= 4 is 6.09 Å². The molecular formula is C16H23NO8. The van der Waals surface area contributed by atoms with Crippen LogP contribution in [-0.4, -0.2) is 56.9 Å². The number of aliphatic hydroxyl groups excluding tert-OH is 3. The minimum absolute atomic E-state index is 0.00980. The molecule has 1 aromatic rings. The molecule has 1 aromatic carbocycles. The van der Waals surface area contributed by atoms with Crippen molar-refractivity contribution in [2.24, 2.45) is 5.73 Å². The van der Waals surface area contributed by atoms with Gasteiger partial charge in [0, 0.05) is 0 Å². The lowest BCUT2D eigenvalue weighted by atomic mass is 9.98. The van der Waals surface area contributed by atoms with Gasteiger partial charge in [-0.25, -0.2) is 4.79 Å². The first-order valence-corrected chi connectivity index (χ1v) is 7.85. The van der Waals surface area contributed by atoms with E-state index in [1.807, 2.05) is 6.92 Å². The molecule has 1 heterocycles. The summed E-state index contributed by atoms with van der Waals surface area (Å²) >= 11 is 0. The van der Waals surface area contributed by atoms with Gasteiger partial charge < -0.3 is 40.4 Å². The Hall–Kier alpha value is -1.91. The highest BCUT2D eigenvalue weighted by atomic mass is 16.8. The minimum Gasteiger partial charge on any atom is -0.445 e. The van der Waals surface area contributed by atoms with E-state index in [1.54, 1.807) is 12.1 Å². The second-order valence-electron chi connectivity index (χ2n) is 5.87. The molecule has 1 saturated heterocycles. The third-order valence-electron chi connectivity index (χ3n) is 4.08. The van der Waals surface area contributed by atoms with E-state index in [2.05, 4.69) is 0 Å². The van der Waals surface area contributed by atoms with E-state index in [9.17, 15) is 25.2 Å². The van der Waals surface area contributed by atoms with Crippen LogP contribution in [0.15, 0.2) is 18.2 Å². The SMILES string of the molecule is CCc1cc(O[C@]2(O)O[C@@H](C)[C@H](O)[C@@H](O)[C@H]2O)ccc1COC(N)=O. The van der Waals surface area contributed by atoms with Gasteiger partial charge in [-0.2, -0.15) is 0 Å². The molecule has 6 N–H and O–H groups in total. The van der Waals surface area contributed by atoms with Gasteiger partial charge in [0.15, 0.2) is 6.10 Å². The zero-order valence-electron chi connectivity index (χ0n) is 14.0. The van der Waals surface area contributed by atoms with E-state index in [1.165, 1.54) is 13.0 Å². The van der Waals surface area contributed by atoms with Crippen LogP contribution in [0.25, 0.3) is 0 Å². The molecule has 0 saturated carbocycles. The maximum absolute atomic E-state index is 10.7. The smallest absolute Gasteiger partial charge is 0.404 e. The molecule has 0 bridgehead atoms. The van der Waals surface area contributed by atoms with Gasteiger partial charge in [0.05, 0.1) is 6.10 Å². The van der Waals surface area contributed by atoms with Gasteiger partial charge in [0.2, 0.25) is 0 Å². The van der Waals surface area contributed by atoms with E-state index in [0.29, 0.717) is 12.0 Å². The molecule has 140 valence electrons. The van der Waals surface area contributed by atoms with Crippen molar-refractivity contribution in [2.45, 2.75) is 57.3 Å². The highest BCUT2D eigenvalue weighted by Gasteiger charge is 2.54. The molecule has 0 unspecified atom stereocenters. The van der Waals surface area contributed by atoms with E-state index in [4.69, 9.17) is 19.9 Å². The van der Waals surface area contributed by atoms with Crippen LogP contribution < -0.4 is 10.5 Å². The molecule has 1 aliphatic rings. The normalized spacial score (nSPS) is 32.2. The molecule has 2 rings (SSSR count). The maximum atomic E-state index is 10.7. The van der Waals surface area contributed by atoms with Gasteiger partial charge in [-0.1, -0.05) is 13.0 Å². The number of hydrogen-bond donors (Lipinski definition) is 5. The van der Waals surface area contributed by atoms with Crippen LogP contribution in [0.5, 0.6) is 5.75 Å². The predicted octanol–water partition coefficient (Wildman–Crippen LogP) is -0.629.